The van der Waals surface area contributed by atoms with E-state index in [0.29, 0.717) is 18.2 Å². The second-order valence-electron chi connectivity index (χ2n) is 5.24. The molecule has 0 amide bonds. The van der Waals surface area contributed by atoms with Crippen LogP contribution in [0.25, 0.3) is 0 Å². The van der Waals surface area contributed by atoms with E-state index in [2.05, 4.69) is 23.9 Å². The molecule has 0 radical (unpaired) electrons. The Morgan fingerprint density at radius 1 is 1.44 bits per heavy atom. The minimum atomic E-state index is -0.534. The molecular formula is C14H21FN2O. The van der Waals surface area contributed by atoms with Gasteiger partial charge in [0.05, 0.1) is 0 Å². The van der Waals surface area contributed by atoms with Gasteiger partial charge in [-0.05, 0) is 39.5 Å². The minimum Gasteiger partial charge on any atom is -0.505 e. The molecule has 3 nitrogen and oxygen atoms in total. The summed E-state index contributed by atoms with van der Waals surface area (Å²) < 4.78 is 13.3. The first-order valence-corrected chi connectivity index (χ1v) is 6.43. The first-order chi connectivity index (χ1) is 8.58. The van der Waals surface area contributed by atoms with E-state index in [0.717, 1.165) is 19.5 Å². The maximum absolute atomic E-state index is 13.3. The predicted octanol–water partition coefficient (Wildman–Crippen LogP) is 2.06. The lowest BCUT2D eigenvalue weighted by Gasteiger charge is -2.36. The molecule has 1 heterocycles. The Kier molecular flexibility index (Phi) is 4.19. The van der Waals surface area contributed by atoms with Gasteiger partial charge >= 0.3 is 0 Å². The number of aromatic hydroxyl groups is 1. The molecule has 0 aliphatic carbocycles. The van der Waals surface area contributed by atoms with Gasteiger partial charge in [-0.2, -0.15) is 0 Å². The van der Waals surface area contributed by atoms with Crippen LogP contribution in [0.15, 0.2) is 18.2 Å². The molecule has 0 saturated carbocycles. The van der Waals surface area contributed by atoms with Crippen molar-refractivity contribution in [2.45, 2.75) is 25.4 Å². The fraction of sp³-hybridized carbons (Fsp3) is 0.571. The molecule has 1 aliphatic heterocycles. The molecule has 0 aromatic heterocycles. The van der Waals surface area contributed by atoms with Gasteiger partial charge in [-0.1, -0.05) is 12.1 Å². The summed E-state index contributed by atoms with van der Waals surface area (Å²) in [6.07, 6.45) is 2.36. The highest BCUT2D eigenvalue weighted by Crippen LogP contribution is 2.24. The molecule has 100 valence electrons. The lowest BCUT2D eigenvalue weighted by atomic mass is 10.0. The summed E-state index contributed by atoms with van der Waals surface area (Å²) in [5, 5.41) is 9.69. The summed E-state index contributed by atoms with van der Waals surface area (Å²) in [6, 6.07) is 5.28. The fourth-order valence-electron chi connectivity index (χ4n) is 2.52. The van der Waals surface area contributed by atoms with Gasteiger partial charge in [0.25, 0.3) is 0 Å². The number of nitrogens with zero attached hydrogens (tertiary/aromatic N) is 2. The maximum Gasteiger partial charge on any atom is 0.165 e. The van der Waals surface area contributed by atoms with Crippen LogP contribution in [0.2, 0.25) is 0 Å². The van der Waals surface area contributed by atoms with Gasteiger partial charge in [-0.25, -0.2) is 4.39 Å². The monoisotopic (exact) mass is 252 g/mol. The molecule has 1 saturated heterocycles. The van der Waals surface area contributed by atoms with Crippen molar-refractivity contribution in [2.75, 3.05) is 27.2 Å². The van der Waals surface area contributed by atoms with Crippen LogP contribution in [0.1, 0.15) is 18.4 Å². The Morgan fingerprint density at radius 2 is 2.22 bits per heavy atom. The Hall–Kier alpha value is -1.13. The minimum absolute atomic E-state index is 0.204. The molecule has 0 bridgehead atoms. The van der Waals surface area contributed by atoms with Crippen LogP contribution in [0.3, 0.4) is 0 Å². The van der Waals surface area contributed by atoms with Crippen LogP contribution < -0.4 is 0 Å². The van der Waals surface area contributed by atoms with Crippen molar-refractivity contribution in [3.05, 3.63) is 29.6 Å². The lowest BCUT2D eigenvalue weighted by Crippen LogP contribution is -2.44. The van der Waals surface area contributed by atoms with Crippen molar-refractivity contribution in [3.63, 3.8) is 0 Å². The number of para-hydroxylation sites is 1. The second-order valence-corrected chi connectivity index (χ2v) is 5.24. The molecule has 0 spiro atoms. The number of piperidine rings is 1. The molecule has 1 atom stereocenters. The van der Waals surface area contributed by atoms with E-state index in [1.54, 1.807) is 12.1 Å². The number of benzene rings is 1. The van der Waals surface area contributed by atoms with Gasteiger partial charge in [-0.3, -0.25) is 4.90 Å². The van der Waals surface area contributed by atoms with Crippen molar-refractivity contribution in [1.29, 1.82) is 0 Å². The largest absolute Gasteiger partial charge is 0.505 e. The molecule has 1 fully saturated rings. The average molecular weight is 252 g/mol. The number of rotatable bonds is 3. The maximum atomic E-state index is 13.3. The van der Waals surface area contributed by atoms with Crippen molar-refractivity contribution < 1.29 is 9.50 Å². The van der Waals surface area contributed by atoms with Gasteiger partial charge in [0.15, 0.2) is 11.6 Å². The number of likely N-dealkylation sites (tertiary alicyclic amines) is 1. The van der Waals surface area contributed by atoms with Crippen molar-refractivity contribution in [3.8, 4) is 5.75 Å². The first-order valence-electron chi connectivity index (χ1n) is 6.43. The number of hydrogen-bond donors (Lipinski definition) is 1. The Labute approximate surface area is 108 Å². The van der Waals surface area contributed by atoms with E-state index in [4.69, 9.17) is 0 Å². The van der Waals surface area contributed by atoms with Gasteiger partial charge in [0.1, 0.15) is 0 Å². The zero-order chi connectivity index (χ0) is 13.1. The number of likely N-dealkylation sites (N-methyl/N-ethyl adjacent to an activating group) is 1. The van der Waals surface area contributed by atoms with Crippen LogP contribution in [0.5, 0.6) is 5.75 Å². The zero-order valence-corrected chi connectivity index (χ0v) is 11.1. The predicted molar refractivity (Wildman–Crippen MR) is 70.1 cm³/mol. The highest BCUT2D eigenvalue weighted by atomic mass is 19.1. The van der Waals surface area contributed by atoms with Crippen LogP contribution in [0.4, 0.5) is 4.39 Å². The van der Waals surface area contributed by atoms with Crippen LogP contribution in [-0.4, -0.2) is 48.1 Å². The SMILES string of the molecule is CN(C)C1CCCN(Cc2cccc(F)c2O)C1. The molecule has 1 aromatic rings. The zero-order valence-electron chi connectivity index (χ0n) is 11.1. The van der Waals surface area contributed by atoms with Crippen molar-refractivity contribution in [2.24, 2.45) is 0 Å². The normalized spacial score (nSPS) is 21.4. The molecule has 1 aromatic carbocycles. The van der Waals surface area contributed by atoms with Crippen LogP contribution in [-0.2, 0) is 6.54 Å². The summed E-state index contributed by atoms with van der Waals surface area (Å²) in [5.41, 5.74) is 0.675. The topological polar surface area (TPSA) is 26.7 Å². The lowest BCUT2D eigenvalue weighted by molar-refractivity contribution is 0.127. The van der Waals surface area contributed by atoms with E-state index in [9.17, 15) is 9.50 Å². The highest BCUT2D eigenvalue weighted by Gasteiger charge is 2.22. The molecule has 1 unspecified atom stereocenters. The molecule has 1 N–H and O–H groups in total. The Morgan fingerprint density at radius 3 is 2.94 bits per heavy atom. The molecule has 4 heteroatoms. The standard InChI is InChI=1S/C14H21FN2O/c1-16(2)12-6-4-8-17(10-12)9-11-5-3-7-13(15)14(11)18/h3,5,7,12,18H,4,6,8-10H2,1-2H3. The van der Waals surface area contributed by atoms with Gasteiger partial charge in [-0.15, -0.1) is 0 Å². The summed E-state index contributed by atoms with van der Waals surface area (Å²) in [6.45, 7) is 2.61. The van der Waals surface area contributed by atoms with Gasteiger partial charge in [0.2, 0.25) is 0 Å². The fourth-order valence-corrected chi connectivity index (χ4v) is 2.52. The molecule has 1 aliphatic rings. The van der Waals surface area contributed by atoms with Crippen molar-refractivity contribution in [1.82, 2.24) is 9.80 Å². The van der Waals surface area contributed by atoms with E-state index in [1.165, 1.54) is 12.5 Å². The summed E-state index contributed by atoms with van der Waals surface area (Å²) >= 11 is 0. The number of hydrogen-bond acceptors (Lipinski definition) is 3. The van der Waals surface area contributed by atoms with Gasteiger partial charge < -0.3 is 10.0 Å². The molecule has 18 heavy (non-hydrogen) atoms. The van der Waals surface area contributed by atoms with Crippen LogP contribution >= 0.6 is 0 Å². The van der Waals surface area contributed by atoms with E-state index < -0.39 is 5.82 Å². The van der Waals surface area contributed by atoms with Gasteiger partial charge in [0, 0.05) is 24.7 Å². The van der Waals surface area contributed by atoms with E-state index in [-0.39, 0.29) is 5.75 Å². The Bertz CT molecular complexity index is 409. The van der Waals surface area contributed by atoms with E-state index >= 15 is 0 Å². The summed E-state index contributed by atoms with van der Waals surface area (Å²) in [5.74, 6) is -0.738. The van der Waals surface area contributed by atoms with E-state index in [1.807, 2.05) is 0 Å². The smallest absolute Gasteiger partial charge is 0.165 e. The third kappa shape index (κ3) is 3.00. The second kappa shape index (κ2) is 5.67. The number of phenols is 1. The average Bonchev–Trinajstić information content (AvgIpc) is 2.35. The van der Waals surface area contributed by atoms with Crippen molar-refractivity contribution >= 4 is 0 Å². The summed E-state index contributed by atoms with van der Waals surface area (Å²) in [7, 11) is 4.18. The quantitative estimate of drug-likeness (QED) is 0.892. The molecule has 2 rings (SSSR count). The third-order valence-corrected chi connectivity index (χ3v) is 3.68. The summed E-state index contributed by atoms with van der Waals surface area (Å²) in [4.78, 5) is 4.51. The molecular weight excluding hydrogens is 231 g/mol. The first kappa shape index (κ1) is 13.3. The Balaban J connectivity index is 2.03. The highest BCUT2D eigenvalue weighted by molar-refractivity contribution is 5.33. The third-order valence-electron chi connectivity index (χ3n) is 3.68. The number of phenolic OH excluding ortho intramolecular Hbond substituents is 1. The number of halogens is 1. The van der Waals surface area contributed by atoms with Crippen LogP contribution in [0, 0.1) is 5.82 Å².